The predicted molar refractivity (Wildman–Crippen MR) is 71.4 cm³/mol. The lowest BCUT2D eigenvalue weighted by Gasteiger charge is -2.13. The van der Waals surface area contributed by atoms with E-state index in [1.807, 2.05) is 26.0 Å². The fourth-order valence-electron chi connectivity index (χ4n) is 1.85. The zero-order valence-electron chi connectivity index (χ0n) is 11.1. The minimum atomic E-state index is -0.963. The van der Waals surface area contributed by atoms with Crippen molar-refractivity contribution < 1.29 is 14.3 Å². The molecular weight excluding hydrogens is 244 g/mol. The Hall–Kier alpha value is -2.30. The van der Waals surface area contributed by atoms with E-state index in [2.05, 4.69) is 10.3 Å². The first-order valence-electron chi connectivity index (χ1n) is 6.00. The van der Waals surface area contributed by atoms with Gasteiger partial charge in [0.05, 0.1) is 11.6 Å². The van der Waals surface area contributed by atoms with Gasteiger partial charge in [-0.1, -0.05) is 0 Å². The van der Waals surface area contributed by atoms with Gasteiger partial charge in [0, 0.05) is 5.69 Å². The van der Waals surface area contributed by atoms with Crippen LogP contribution in [0.3, 0.4) is 0 Å². The number of furan rings is 1. The summed E-state index contributed by atoms with van der Waals surface area (Å²) in [7, 11) is 0. The van der Waals surface area contributed by atoms with Crippen molar-refractivity contribution in [2.24, 2.45) is 0 Å². The molecule has 0 saturated heterocycles. The van der Waals surface area contributed by atoms with Gasteiger partial charge in [0.1, 0.15) is 17.3 Å². The maximum atomic E-state index is 11.0. The second-order valence-electron chi connectivity index (χ2n) is 4.50. The number of hydrogen-bond acceptors (Lipinski definition) is 4. The van der Waals surface area contributed by atoms with Crippen LogP contribution in [0.1, 0.15) is 40.5 Å². The fraction of sp³-hybridized carbons (Fsp3) is 0.286. The summed E-state index contributed by atoms with van der Waals surface area (Å²) < 4.78 is 5.52. The lowest BCUT2D eigenvalue weighted by Crippen LogP contribution is -2.09. The average Bonchev–Trinajstić information content (AvgIpc) is 2.75. The molecule has 0 aliphatic carbocycles. The Labute approximate surface area is 111 Å². The molecule has 0 aromatic carbocycles. The van der Waals surface area contributed by atoms with Gasteiger partial charge in [-0.2, -0.15) is 0 Å². The third-order valence-corrected chi connectivity index (χ3v) is 2.75. The zero-order valence-corrected chi connectivity index (χ0v) is 11.1. The number of aromatic carboxylic acids is 1. The van der Waals surface area contributed by atoms with Crippen molar-refractivity contribution in [3.05, 3.63) is 47.0 Å². The molecule has 100 valence electrons. The van der Waals surface area contributed by atoms with Crippen LogP contribution < -0.4 is 5.32 Å². The van der Waals surface area contributed by atoms with E-state index in [-0.39, 0.29) is 11.6 Å². The highest BCUT2D eigenvalue weighted by Gasteiger charge is 2.12. The molecule has 2 N–H and O–H groups in total. The van der Waals surface area contributed by atoms with E-state index in [1.54, 1.807) is 6.92 Å². The van der Waals surface area contributed by atoms with Crippen LogP contribution in [0.4, 0.5) is 5.82 Å². The molecule has 5 nitrogen and oxygen atoms in total. The van der Waals surface area contributed by atoms with E-state index < -0.39 is 5.97 Å². The first-order valence-corrected chi connectivity index (χ1v) is 6.00. The summed E-state index contributed by atoms with van der Waals surface area (Å²) in [6.07, 6.45) is 0. The number of anilines is 1. The second kappa shape index (κ2) is 5.14. The number of carbonyl (C=O) groups is 1. The van der Waals surface area contributed by atoms with E-state index in [1.165, 1.54) is 12.1 Å². The SMILES string of the molecule is Cc1cc(C(=O)O)cc(NC(C)c2ccc(C)o2)n1. The normalized spacial score (nSPS) is 12.2. The summed E-state index contributed by atoms with van der Waals surface area (Å²) in [5, 5.41) is 12.2. The number of carboxylic acid groups (broad SMARTS) is 1. The third kappa shape index (κ3) is 3.13. The zero-order chi connectivity index (χ0) is 14.0. The van der Waals surface area contributed by atoms with Crippen molar-refractivity contribution in [3.8, 4) is 0 Å². The molecule has 2 heterocycles. The summed E-state index contributed by atoms with van der Waals surface area (Å²) in [4.78, 5) is 15.3. The van der Waals surface area contributed by atoms with Crippen LogP contribution in [-0.2, 0) is 0 Å². The van der Waals surface area contributed by atoms with Crippen molar-refractivity contribution in [2.75, 3.05) is 5.32 Å². The number of nitrogens with zero attached hydrogens (tertiary/aromatic N) is 1. The highest BCUT2D eigenvalue weighted by molar-refractivity contribution is 5.88. The Bertz CT molecular complexity index is 604. The number of aromatic nitrogens is 1. The van der Waals surface area contributed by atoms with Gasteiger partial charge in [0.25, 0.3) is 0 Å². The Morgan fingerprint density at radius 2 is 2.11 bits per heavy atom. The first-order chi connectivity index (χ1) is 8.95. The molecular formula is C14H16N2O3. The largest absolute Gasteiger partial charge is 0.478 e. The van der Waals surface area contributed by atoms with Gasteiger partial charge < -0.3 is 14.8 Å². The molecule has 5 heteroatoms. The molecule has 2 aromatic heterocycles. The summed E-state index contributed by atoms with van der Waals surface area (Å²) in [6.45, 7) is 5.58. The van der Waals surface area contributed by atoms with Crippen LogP contribution in [0.2, 0.25) is 0 Å². The van der Waals surface area contributed by atoms with Gasteiger partial charge in [0.15, 0.2) is 0 Å². The standard InChI is InChI=1S/C14H16N2O3/c1-8-6-11(14(17)18)7-13(15-8)16-10(3)12-5-4-9(2)19-12/h4-7,10H,1-3H3,(H,15,16)(H,17,18). The molecule has 0 bridgehead atoms. The van der Waals surface area contributed by atoms with Gasteiger partial charge in [-0.05, 0) is 45.0 Å². The van der Waals surface area contributed by atoms with Gasteiger partial charge >= 0.3 is 5.97 Å². The fourth-order valence-corrected chi connectivity index (χ4v) is 1.85. The van der Waals surface area contributed by atoms with E-state index in [0.29, 0.717) is 11.5 Å². The maximum Gasteiger partial charge on any atom is 0.335 e. The summed E-state index contributed by atoms with van der Waals surface area (Å²) in [5.74, 6) is 1.19. The number of pyridine rings is 1. The number of rotatable bonds is 4. The molecule has 0 aliphatic heterocycles. The minimum Gasteiger partial charge on any atom is -0.478 e. The molecule has 0 fully saturated rings. The summed E-state index contributed by atoms with van der Waals surface area (Å²) >= 11 is 0. The number of carboxylic acids is 1. The van der Waals surface area contributed by atoms with Gasteiger partial charge in [-0.3, -0.25) is 0 Å². The van der Waals surface area contributed by atoms with Crippen LogP contribution >= 0.6 is 0 Å². The number of nitrogens with one attached hydrogen (secondary N) is 1. The smallest absolute Gasteiger partial charge is 0.335 e. The second-order valence-corrected chi connectivity index (χ2v) is 4.50. The molecule has 0 spiro atoms. The molecule has 19 heavy (non-hydrogen) atoms. The lowest BCUT2D eigenvalue weighted by atomic mass is 10.2. The minimum absolute atomic E-state index is 0.0790. The highest BCUT2D eigenvalue weighted by atomic mass is 16.4. The summed E-state index contributed by atoms with van der Waals surface area (Å²) in [5.41, 5.74) is 0.878. The Morgan fingerprint density at radius 1 is 1.37 bits per heavy atom. The number of hydrogen-bond donors (Lipinski definition) is 2. The summed E-state index contributed by atoms with van der Waals surface area (Å²) in [6, 6.07) is 6.75. The molecule has 0 aliphatic rings. The highest BCUT2D eigenvalue weighted by Crippen LogP contribution is 2.21. The molecule has 2 rings (SSSR count). The van der Waals surface area contributed by atoms with Crippen molar-refractivity contribution in [3.63, 3.8) is 0 Å². The van der Waals surface area contributed by atoms with Gasteiger partial charge in [-0.25, -0.2) is 9.78 Å². The van der Waals surface area contributed by atoms with E-state index in [0.717, 1.165) is 11.5 Å². The molecule has 2 aromatic rings. The maximum absolute atomic E-state index is 11.0. The first kappa shape index (κ1) is 13.1. The molecule has 0 amide bonds. The Morgan fingerprint density at radius 3 is 2.68 bits per heavy atom. The van der Waals surface area contributed by atoms with Crippen molar-refractivity contribution in [1.82, 2.24) is 4.98 Å². The van der Waals surface area contributed by atoms with E-state index >= 15 is 0 Å². The van der Waals surface area contributed by atoms with Crippen LogP contribution in [0.15, 0.2) is 28.7 Å². The Kier molecular flexibility index (Phi) is 3.55. The van der Waals surface area contributed by atoms with E-state index in [4.69, 9.17) is 9.52 Å². The third-order valence-electron chi connectivity index (χ3n) is 2.75. The number of aryl methyl sites for hydroxylation is 2. The lowest BCUT2D eigenvalue weighted by molar-refractivity contribution is 0.0696. The molecule has 1 unspecified atom stereocenters. The monoisotopic (exact) mass is 260 g/mol. The molecule has 0 saturated carbocycles. The van der Waals surface area contributed by atoms with Crippen LogP contribution in [-0.4, -0.2) is 16.1 Å². The van der Waals surface area contributed by atoms with Crippen LogP contribution in [0.5, 0.6) is 0 Å². The quantitative estimate of drug-likeness (QED) is 0.883. The topological polar surface area (TPSA) is 75.4 Å². The van der Waals surface area contributed by atoms with Crippen molar-refractivity contribution in [1.29, 1.82) is 0 Å². The van der Waals surface area contributed by atoms with Gasteiger partial charge in [-0.15, -0.1) is 0 Å². The van der Waals surface area contributed by atoms with Crippen molar-refractivity contribution in [2.45, 2.75) is 26.8 Å². The Balaban J connectivity index is 2.21. The molecule has 1 atom stereocenters. The van der Waals surface area contributed by atoms with Crippen LogP contribution in [0.25, 0.3) is 0 Å². The molecule has 0 radical (unpaired) electrons. The predicted octanol–water partition coefficient (Wildman–Crippen LogP) is 3.16. The van der Waals surface area contributed by atoms with Crippen LogP contribution in [0, 0.1) is 13.8 Å². The average molecular weight is 260 g/mol. The van der Waals surface area contributed by atoms with Gasteiger partial charge in [0.2, 0.25) is 0 Å². The van der Waals surface area contributed by atoms with E-state index in [9.17, 15) is 4.79 Å². The van der Waals surface area contributed by atoms with Crippen molar-refractivity contribution >= 4 is 11.8 Å².